The molecule has 0 bridgehead atoms. The Labute approximate surface area is 165 Å². The van der Waals surface area contributed by atoms with Crippen LogP contribution in [0.4, 0.5) is 0 Å². The highest BCUT2D eigenvalue weighted by molar-refractivity contribution is 7.97. The second-order valence-electron chi connectivity index (χ2n) is 6.95. The molecule has 1 heterocycles. The topological polar surface area (TPSA) is 42.1 Å². The third-order valence-corrected chi connectivity index (χ3v) is 5.66. The van der Waals surface area contributed by atoms with Crippen molar-refractivity contribution in [3.8, 4) is 0 Å². The van der Waals surface area contributed by atoms with E-state index in [-0.39, 0.29) is 17.8 Å². The van der Waals surface area contributed by atoms with Gasteiger partial charge in [0.05, 0.1) is 12.5 Å². The van der Waals surface area contributed by atoms with E-state index in [0.717, 1.165) is 22.4 Å². The van der Waals surface area contributed by atoms with E-state index >= 15 is 0 Å². The first kappa shape index (κ1) is 19.6. The molecule has 27 heavy (non-hydrogen) atoms. The summed E-state index contributed by atoms with van der Waals surface area (Å²) in [5, 5.41) is 1.18. The van der Waals surface area contributed by atoms with Gasteiger partial charge in [-0.3, -0.25) is 4.79 Å². The number of hydrogen-bond acceptors (Lipinski definition) is 3. The summed E-state index contributed by atoms with van der Waals surface area (Å²) in [7, 11) is 0. The summed E-state index contributed by atoms with van der Waals surface area (Å²) in [6.07, 6.45) is 4.18. The van der Waals surface area contributed by atoms with Crippen LogP contribution in [0.2, 0.25) is 0 Å². The molecule has 2 atom stereocenters. The highest BCUT2D eigenvalue weighted by atomic mass is 32.2. The number of aromatic amines is 1. The van der Waals surface area contributed by atoms with Gasteiger partial charge in [0.15, 0.2) is 0 Å². The van der Waals surface area contributed by atoms with E-state index < -0.39 is 0 Å². The zero-order valence-electron chi connectivity index (χ0n) is 16.4. The second-order valence-corrected chi connectivity index (χ2v) is 7.81. The molecule has 0 aliphatic carbocycles. The summed E-state index contributed by atoms with van der Waals surface area (Å²) in [5.41, 5.74) is 5.95. The number of para-hydroxylation sites is 1. The maximum Gasteiger partial charge on any atom is 0.309 e. The van der Waals surface area contributed by atoms with Gasteiger partial charge in [0.1, 0.15) is 0 Å². The second kappa shape index (κ2) is 8.66. The fourth-order valence-electron chi connectivity index (χ4n) is 3.69. The molecule has 0 amide bonds. The van der Waals surface area contributed by atoms with Crippen LogP contribution in [0.15, 0.2) is 48.7 Å². The molecule has 0 radical (unpaired) electrons. The smallest absolute Gasteiger partial charge is 0.309 e. The molecule has 0 aliphatic heterocycles. The molecule has 1 aromatic heterocycles. The quantitative estimate of drug-likeness (QED) is 0.536. The molecule has 3 rings (SSSR count). The molecule has 4 heteroatoms. The lowest BCUT2D eigenvalue weighted by Gasteiger charge is -2.23. The molecule has 142 valence electrons. The standard InChI is InChI=1S/C23H27NO2S/c1-5-26-23(25)16(3)21(17-11-9-15(2)10-12-17)20-13-24-22-18(14-27-4)7-6-8-19(20)22/h6-13,16,21,24H,5,14H2,1-4H3. The molecule has 0 saturated carbocycles. The maximum absolute atomic E-state index is 12.6. The third kappa shape index (κ3) is 4.06. The Balaban J connectivity index is 2.13. The molecule has 2 unspecified atom stereocenters. The van der Waals surface area contributed by atoms with Crippen molar-refractivity contribution >= 4 is 28.6 Å². The molecule has 0 spiro atoms. The van der Waals surface area contributed by atoms with E-state index in [1.807, 2.05) is 25.6 Å². The maximum atomic E-state index is 12.6. The number of thioether (sulfide) groups is 1. The van der Waals surface area contributed by atoms with Crippen LogP contribution < -0.4 is 0 Å². The molecule has 1 N–H and O–H groups in total. The van der Waals surface area contributed by atoms with Crippen molar-refractivity contribution in [2.45, 2.75) is 32.4 Å². The Morgan fingerprint density at radius 3 is 2.59 bits per heavy atom. The number of carbonyl (C=O) groups excluding carboxylic acids is 1. The summed E-state index contributed by atoms with van der Waals surface area (Å²) in [6, 6.07) is 14.9. The lowest BCUT2D eigenvalue weighted by atomic mass is 9.81. The van der Waals surface area contributed by atoms with Crippen LogP contribution in [0, 0.1) is 12.8 Å². The van der Waals surface area contributed by atoms with Crippen LogP contribution in [0.3, 0.4) is 0 Å². The van der Waals surface area contributed by atoms with Crippen LogP contribution in [0.25, 0.3) is 10.9 Å². The number of rotatable bonds is 7. The molecule has 0 fully saturated rings. The van der Waals surface area contributed by atoms with Gasteiger partial charge in [-0.15, -0.1) is 0 Å². The van der Waals surface area contributed by atoms with Crippen molar-refractivity contribution in [3.63, 3.8) is 0 Å². The number of H-pyrrole nitrogens is 1. The van der Waals surface area contributed by atoms with Gasteiger partial charge >= 0.3 is 5.97 Å². The van der Waals surface area contributed by atoms with Crippen molar-refractivity contribution in [2.24, 2.45) is 5.92 Å². The van der Waals surface area contributed by atoms with Gasteiger partial charge in [-0.05, 0) is 36.8 Å². The number of ether oxygens (including phenoxy) is 1. The van der Waals surface area contributed by atoms with Crippen molar-refractivity contribution in [2.75, 3.05) is 12.9 Å². The van der Waals surface area contributed by atoms with E-state index in [0.29, 0.717) is 6.61 Å². The number of hydrogen-bond donors (Lipinski definition) is 1. The Morgan fingerprint density at radius 1 is 1.19 bits per heavy atom. The van der Waals surface area contributed by atoms with Crippen molar-refractivity contribution in [3.05, 3.63) is 70.9 Å². The summed E-state index contributed by atoms with van der Waals surface area (Å²) in [4.78, 5) is 16.1. The van der Waals surface area contributed by atoms with Crippen LogP contribution in [-0.4, -0.2) is 23.8 Å². The van der Waals surface area contributed by atoms with Crippen LogP contribution in [0.1, 0.15) is 42.0 Å². The number of fused-ring (bicyclic) bond motifs is 1. The summed E-state index contributed by atoms with van der Waals surface area (Å²) >= 11 is 1.81. The number of esters is 1. The summed E-state index contributed by atoms with van der Waals surface area (Å²) in [6.45, 7) is 6.29. The van der Waals surface area contributed by atoms with Crippen LogP contribution >= 0.6 is 11.8 Å². The molecule has 0 saturated heterocycles. The predicted molar refractivity (Wildman–Crippen MR) is 114 cm³/mol. The molecular weight excluding hydrogens is 354 g/mol. The SMILES string of the molecule is CCOC(=O)C(C)C(c1ccc(C)cc1)c1c[nH]c2c(CSC)cccc12. The van der Waals surface area contributed by atoms with E-state index in [1.165, 1.54) is 16.5 Å². The monoisotopic (exact) mass is 381 g/mol. The van der Waals surface area contributed by atoms with E-state index in [9.17, 15) is 4.79 Å². The van der Waals surface area contributed by atoms with E-state index in [2.05, 4.69) is 66.8 Å². The Kier molecular flexibility index (Phi) is 6.27. The summed E-state index contributed by atoms with van der Waals surface area (Å²) < 4.78 is 5.35. The Bertz CT molecular complexity index is 914. The molecular formula is C23H27NO2S. The van der Waals surface area contributed by atoms with E-state index in [4.69, 9.17) is 4.74 Å². The minimum absolute atomic E-state index is 0.0528. The van der Waals surface area contributed by atoms with Gasteiger partial charge < -0.3 is 9.72 Å². The number of aryl methyl sites for hydroxylation is 1. The fraction of sp³-hybridized carbons (Fsp3) is 0.348. The van der Waals surface area contributed by atoms with Gasteiger partial charge in [-0.25, -0.2) is 0 Å². The Morgan fingerprint density at radius 2 is 1.93 bits per heavy atom. The molecule has 3 nitrogen and oxygen atoms in total. The van der Waals surface area contributed by atoms with Gasteiger partial charge in [0, 0.05) is 28.8 Å². The number of benzene rings is 2. The largest absolute Gasteiger partial charge is 0.466 e. The lowest BCUT2D eigenvalue weighted by molar-refractivity contribution is -0.147. The lowest BCUT2D eigenvalue weighted by Crippen LogP contribution is -2.22. The van der Waals surface area contributed by atoms with E-state index in [1.54, 1.807) is 0 Å². The number of nitrogens with one attached hydrogen (secondary N) is 1. The number of aromatic nitrogens is 1. The molecule has 2 aromatic carbocycles. The van der Waals surface area contributed by atoms with Crippen molar-refractivity contribution in [1.82, 2.24) is 4.98 Å². The first-order chi connectivity index (χ1) is 13.1. The average Bonchev–Trinajstić information content (AvgIpc) is 3.09. The van der Waals surface area contributed by atoms with Gasteiger partial charge in [-0.1, -0.05) is 55.0 Å². The zero-order valence-corrected chi connectivity index (χ0v) is 17.2. The summed E-state index contributed by atoms with van der Waals surface area (Å²) in [5.74, 6) is 0.483. The third-order valence-electron chi connectivity index (χ3n) is 5.06. The van der Waals surface area contributed by atoms with Crippen molar-refractivity contribution in [1.29, 1.82) is 0 Å². The first-order valence-corrected chi connectivity index (χ1v) is 10.8. The van der Waals surface area contributed by atoms with Crippen molar-refractivity contribution < 1.29 is 9.53 Å². The van der Waals surface area contributed by atoms with Crippen LogP contribution in [0.5, 0.6) is 0 Å². The average molecular weight is 382 g/mol. The minimum Gasteiger partial charge on any atom is -0.466 e. The minimum atomic E-state index is -0.268. The highest BCUT2D eigenvalue weighted by Crippen LogP contribution is 2.38. The number of carbonyl (C=O) groups is 1. The first-order valence-electron chi connectivity index (χ1n) is 9.37. The van der Waals surface area contributed by atoms with Gasteiger partial charge in [0.2, 0.25) is 0 Å². The predicted octanol–water partition coefficient (Wildman–Crippen LogP) is 5.67. The van der Waals surface area contributed by atoms with Crippen LogP contribution in [-0.2, 0) is 15.3 Å². The Hall–Kier alpha value is -2.20. The molecule has 0 aliphatic rings. The fourth-order valence-corrected chi connectivity index (χ4v) is 4.24. The van der Waals surface area contributed by atoms with Gasteiger partial charge in [-0.2, -0.15) is 11.8 Å². The highest BCUT2D eigenvalue weighted by Gasteiger charge is 2.30. The zero-order chi connectivity index (χ0) is 19.4. The molecule has 3 aromatic rings. The normalized spacial score (nSPS) is 13.5. The van der Waals surface area contributed by atoms with Gasteiger partial charge in [0.25, 0.3) is 0 Å².